The molecule has 2 heterocycles. The second-order valence-corrected chi connectivity index (χ2v) is 7.12. The van der Waals surface area contributed by atoms with E-state index in [0.717, 1.165) is 12.8 Å². The van der Waals surface area contributed by atoms with E-state index in [1.807, 2.05) is 6.92 Å². The van der Waals surface area contributed by atoms with Gasteiger partial charge < -0.3 is 19.9 Å². The number of nitrogens with one attached hydrogen (secondary N) is 1. The van der Waals surface area contributed by atoms with Crippen LogP contribution in [0, 0.1) is 0 Å². The molecule has 1 aromatic rings. The highest BCUT2D eigenvalue weighted by Crippen LogP contribution is 2.22. The molecule has 8 nitrogen and oxygen atoms in total. The van der Waals surface area contributed by atoms with Gasteiger partial charge in [0.2, 0.25) is 0 Å². The number of ether oxygens (including phenoxy) is 1. The number of hydrogen-bond acceptors (Lipinski definition) is 5. The maximum Gasteiger partial charge on any atom is 0.468 e. The molecule has 1 aromatic carbocycles. The van der Waals surface area contributed by atoms with Crippen LogP contribution in [0.1, 0.15) is 35.7 Å². The van der Waals surface area contributed by atoms with E-state index in [2.05, 4.69) is 20.0 Å². The maximum absolute atomic E-state index is 12.9. The SMILES string of the molecule is CCCCNC(=O)N1CCN(C(=O)c2cccc(C3=NCOC(C(F)(F)F)=N3)c2)CC1. The van der Waals surface area contributed by atoms with Crippen molar-refractivity contribution in [1.82, 2.24) is 15.1 Å². The van der Waals surface area contributed by atoms with E-state index in [4.69, 9.17) is 0 Å². The highest BCUT2D eigenvalue weighted by molar-refractivity contribution is 6.08. The first-order valence-electron chi connectivity index (χ1n) is 10.0. The monoisotopic (exact) mass is 439 g/mol. The summed E-state index contributed by atoms with van der Waals surface area (Å²) in [7, 11) is 0. The number of urea groups is 1. The summed E-state index contributed by atoms with van der Waals surface area (Å²) in [6.07, 6.45) is -2.81. The van der Waals surface area contributed by atoms with E-state index in [-0.39, 0.29) is 17.8 Å². The minimum absolute atomic E-state index is 0.137. The fourth-order valence-electron chi connectivity index (χ4n) is 3.19. The van der Waals surface area contributed by atoms with Gasteiger partial charge in [-0.05, 0) is 18.6 Å². The number of aliphatic imine (C=N–C) groups is 2. The summed E-state index contributed by atoms with van der Waals surface area (Å²) in [5, 5.41) is 2.85. The van der Waals surface area contributed by atoms with Crippen LogP contribution in [0.2, 0.25) is 0 Å². The highest BCUT2D eigenvalue weighted by Gasteiger charge is 2.40. The standard InChI is InChI=1S/C20H24F3N5O3/c1-2-3-7-24-19(30)28-10-8-27(9-11-28)17(29)15-6-4-5-14(12-15)16-25-13-31-18(26-16)20(21,22)23/h4-6,12H,2-3,7-11,13H2,1H3,(H,24,30). The Kier molecular flexibility index (Phi) is 7.13. The Morgan fingerprint density at radius 1 is 1.16 bits per heavy atom. The van der Waals surface area contributed by atoms with Crippen molar-refractivity contribution in [2.75, 3.05) is 39.5 Å². The average molecular weight is 439 g/mol. The molecule has 11 heteroatoms. The minimum Gasteiger partial charge on any atom is -0.451 e. The molecular formula is C20H24F3N5O3. The van der Waals surface area contributed by atoms with Crippen LogP contribution in [0.25, 0.3) is 0 Å². The first-order valence-corrected chi connectivity index (χ1v) is 10.0. The van der Waals surface area contributed by atoms with Crippen molar-refractivity contribution < 1.29 is 27.5 Å². The lowest BCUT2D eigenvalue weighted by molar-refractivity contribution is -0.0782. The second-order valence-electron chi connectivity index (χ2n) is 7.12. The molecule has 0 atom stereocenters. The Morgan fingerprint density at radius 2 is 1.87 bits per heavy atom. The van der Waals surface area contributed by atoms with Crippen LogP contribution >= 0.6 is 0 Å². The summed E-state index contributed by atoms with van der Waals surface area (Å²) >= 11 is 0. The number of amides is 3. The van der Waals surface area contributed by atoms with E-state index >= 15 is 0 Å². The molecule has 31 heavy (non-hydrogen) atoms. The molecule has 3 rings (SSSR count). The van der Waals surface area contributed by atoms with Crippen LogP contribution in [0.4, 0.5) is 18.0 Å². The van der Waals surface area contributed by atoms with Crippen LogP contribution in [0.15, 0.2) is 34.3 Å². The van der Waals surface area contributed by atoms with Crippen LogP contribution in [0.3, 0.4) is 0 Å². The molecule has 2 aliphatic rings. The van der Waals surface area contributed by atoms with E-state index in [9.17, 15) is 22.8 Å². The number of halogens is 3. The topological polar surface area (TPSA) is 86.6 Å². The lowest BCUT2D eigenvalue weighted by Crippen LogP contribution is -2.53. The highest BCUT2D eigenvalue weighted by atomic mass is 19.4. The van der Waals surface area contributed by atoms with E-state index in [1.54, 1.807) is 21.9 Å². The molecule has 0 radical (unpaired) electrons. The largest absolute Gasteiger partial charge is 0.468 e. The second kappa shape index (κ2) is 9.80. The Hall–Kier alpha value is -3.11. The van der Waals surface area contributed by atoms with Crippen molar-refractivity contribution in [3.05, 3.63) is 35.4 Å². The third-order valence-electron chi connectivity index (χ3n) is 4.89. The number of nitrogens with zero attached hydrogens (tertiary/aromatic N) is 4. The van der Waals surface area contributed by atoms with Gasteiger partial charge in [0.05, 0.1) is 0 Å². The predicted octanol–water partition coefficient (Wildman–Crippen LogP) is 2.65. The molecule has 1 saturated heterocycles. The van der Waals surface area contributed by atoms with Gasteiger partial charge in [-0.1, -0.05) is 25.5 Å². The van der Waals surface area contributed by atoms with Crippen LogP contribution in [-0.4, -0.2) is 79.1 Å². The molecule has 0 bridgehead atoms. The number of alkyl halides is 3. The van der Waals surface area contributed by atoms with E-state index in [0.29, 0.717) is 43.9 Å². The summed E-state index contributed by atoms with van der Waals surface area (Å²) < 4.78 is 43.0. The molecule has 2 aliphatic heterocycles. The lowest BCUT2D eigenvalue weighted by Gasteiger charge is -2.34. The molecule has 0 aliphatic carbocycles. The van der Waals surface area contributed by atoms with Crippen LogP contribution in [0.5, 0.6) is 0 Å². The van der Waals surface area contributed by atoms with Crippen molar-refractivity contribution in [2.45, 2.75) is 25.9 Å². The Labute approximate surface area is 177 Å². The van der Waals surface area contributed by atoms with Gasteiger partial charge in [0.15, 0.2) is 12.6 Å². The van der Waals surface area contributed by atoms with E-state index < -0.39 is 18.8 Å². The quantitative estimate of drug-likeness (QED) is 0.716. The van der Waals surface area contributed by atoms with E-state index in [1.165, 1.54) is 12.1 Å². The number of hydrogen-bond donors (Lipinski definition) is 1. The molecule has 1 N–H and O–H groups in total. The van der Waals surface area contributed by atoms with Crippen molar-refractivity contribution in [3.8, 4) is 0 Å². The van der Waals surface area contributed by atoms with Crippen molar-refractivity contribution in [2.24, 2.45) is 9.98 Å². The number of benzene rings is 1. The van der Waals surface area contributed by atoms with Gasteiger partial charge in [-0.25, -0.2) is 9.79 Å². The minimum atomic E-state index is -4.71. The number of unbranched alkanes of at least 4 members (excludes halogenated alkanes) is 1. The Morgan fingerprint density at radius 3 is 2.55 bits per heavy atom. The van der Waals surface area contributed by atoms with Gasteiger partial charge in [0.1, 0.15) is 0 Å². The van der Waals surface area contributed by atoms with Crippen molar-refractivity contribution in [1.29, 1.82) is 0 Å². The Bertz CT molecular complexity index is 877. The number of amidine groups is 1. The number of piperazine rings is 1. The molecule has 3 amide bonds. The predicted molar refractivity (Wildman–Crippen MR) is 108 cm³/mol. The van der Waals surface area contributed by atoms with Crippen molar-refractivity contribution >= 4 is 23.7 Å². The molecule has 0 aromatic heterocycles. The third-order valence-corrected chi connectivity index (χ3v) is 4.89. The number of rotatable bonds is 5. The first kappa shape index (κ1) is 22.6. The van der Waals surface area contributed by atoms with Gasteiger partial charge in [-0.2, -0.15) is 18.2 Å². The van der Waals surface area contributed by atoms with Gasteiger partial charge >= 0.3 is 18.1 Å². The van der Waals surface area contributed by atoms with Gasteiger partial charge in [-0.3, -0.25) is 4.79 Å². The van der Waals surface area contributed by atoms with Crippen LogP contribution < -0.4 is 5.32 Å². The molecule has 0 spiro atoms. The van der Waals surface area contributed by atoms with Gasteiger partial charge in [-0.15, -0.1) is 0 Å². The zero-order chi connectivity index (χ0) is 22.4. The smallest absolute Gasteiger partial charge is 0.451 e. The third kappa shape index (κ3) is 5.74. The zero-order valence-electron chi connectivity index (χ0n) is 17.1. The van der Waals surface area contributed by atoms with Crippen LogP contribution in [-0.2, 0) is 4.74 Å². The molecular weight excluding hydrogens is 415 g/mol. The fourth-order valence-corrected chi connectivity index (χ4v) is 3.19. The Balaban J connectivity index is 1.63. The van der Waals surface area contributed by atoms with Crippen molar-refractivity contribution in [3.63, 3.8) is 0 Å². The summed E-state index contributed by atoms with van der Waals surface area (Å²) in [6.45, 7) is 3.73. The summed E-state index contributed by atoms with van der Waals surface area (Å²) in [5.74, 6) is -1.76. The summed E-state index contributed by atoms with van der Waals surface area (Å²) in [4.78, 5) is 35.6. The maximum atomic E-state index is 12.9. The van der Waals surface area contributed by atoms with Gasteiger partial charge in [0, 0.05) is 43.9 Å². The zero-order valence-corrected chi connectivity index (χ0v) is 17.1. The lowest BCUT2D eigenvalue weighted by atomic mass is 10.1. The average Bonchev–Trinajstić information content (AvgIpc) is 2.78. The van der Waals surface area contributed by atoms with Gasteiger partial charge in [0.25, 0.3) is 5.91 Å². The fraction of sp³-hybridized carbons (Fsp3) is 0.500. The summed E-state index contributed by atoms with van der Waals surface area (Å²) in [6, 6.07) is 6.02. The first-order chi connectivity index (χ1) is 14.8. The normalized spacial score (nSPS) is 16.9. The summed E-state index contributed by atoms with van der Waals surface area (Å²) in [5.41, 5.74) is 0.612. The molecule has 0 unspecified atom stereocenters. The molecule has 0 saturated carbocycles. The number of carbonyl (C=O) groups excluding carboxylic acids is 2. The molecule has 1 fully saturated rings. The number of carbonyl (C=O) groups is 2. The molecule has 168 valence electrons.